The average molecular weight is 209 g/mol. The summed E-state index contributed by atoms with van der Waals surface area (Å²) < 4.78 is 0. The van der Waals surface area contributed by atoms with Gasteiger partial charge in [-0.15, -0.1) is 0 Å². The molecular formula is C11H15NO3. The Morgan fingerprint density at radius 3 is 2.73 bits per heavy atom. The molecule has 0 spiro atoms. The third-order valence-corrected chi connectivity index (χ3v) is 2.10. The summed E-state index contributed by atoms with van der Waals surface area (Å²) in [6.45, 7) is 1.55. The molecule has 1 aromatic carbocycles. The van der Waals surface area contributed by atoms with Crippen molar-refractivity contribution in [2.75, 3.05) is 13.2 Å². The van der Waals surface area contributed by atoms with Gasteiger partial charge in [0.15, 0.2) is 0 Å². The van der Waals surface area contributed by atoms with Crippen LogP contribution in [-0.4, -0.2) is 35.4 Å². The van der Waals surface area contributed by atoms with Crippen molar-refractivity contribution in [2.45, 2.75) is 13.0 Å². The molecule has 0 aliphatic rings. The summed E-state index contributed by atoms with van der Waals surface area (Å²) in [4.78, 5) is 11.6. The zero-order chi connectivity index (χ0) is 11.3. The number of nitrogens with one attached hydrogen (secondary N) is 1. The van der Waals surface area contributed by atoms with Gasteiger partial charge in [0, 0.05) is 12.1 Å². The molecule has 82 valence electrons. The number of aliphatic hydroxyl groups excluding tert-OH is 2. The number of amides is 1. The number of aryl methyl sites for hydroxylation is 1. The first-order valence-corrected chi connectivity index (χ1v) is 4.78. The van der Waals surface area contributed by atoms with Gasteiger partial charge in [-0.25, -0.2) is 0 Å². The first-order chi connectivity index (χ1) is 7.15. The van der Waals surface area contributed by atoms with Crippen molar-refractivity contribution in [1.29, 1.82) is 0 Å². The number of carbonyl (C=O) groups is 1. The van der Waals surface area contributed by atoms with Gasteiger partial charge in [0.25, 0.3) is 5.91 Å². The maximum absolute atomic E-state index is 11.6. The lowest BCUT2D eigenvalue weighted by Gasteiger charge is -2.10. The van der Waals surface area contributed by atoms with Crippen molar-refractivity contribution in [2.24, 2.45) is 0 Å². The van der Waals surface area contributed by atoms with E-state index < -0.39 is 6.10 Å². The molecule has 15 heavy (non-hydrogen) atoms. The summed E-state index contributed by atoms with van der Waals surface area (Å²) in [6, 6.07) is 7.20. The first-order valence-electron chi connectivity index (χ1n) is 4.78. The van der Waals surface area contributed by atoms with E-state index >= 15 is 0 Å². The highest BCUT2D eigenvalue weighted by atomic mass is 16.3. The van der Waals surface area contributed by atoms with Gasteiger partial charge in [0.1, 0.15) is 0 Å². The molecule has 4 nitrogen and oxygen atoms in total. The van der Waals surface area contributed by atoms with E-state index in [1.807, 2.05) is 19.1 Å². The van der Waals surface area contributed by atoms with E-state index in [0.29, 0.717) is 5.56 Å². The maximum atomic E-state index is 11.6. The number of carbonyl (C=O) groups excluding carboxylic acids is 1. The minimum Gasteiger partial charge on any atom is -0.394 e. The Kier molecular flexibility index (Phi) is 4.27. The highest BCUT2D eigenvalue weighted by Gasteiger charge is 2.09. The number of rotatable bonds is 4. The van der Waals surface area contributed by atoms with Crippen LogP contribution in [0.3, 0.4) is 0 Å². The van der Waals surface area contributed by atoms with E-state index in [0.717, 1.165) is 5.56 Å². The molecule has 4 heteroatoms. The fourth-order valence-corrected chi connectivity index (χ4v) is 1.20. The predicted octanol–water partition coefficient (Wildman–Crippen LogP) is 0.0780. The van der Waals surface area contributed by atoms with Gasteiger partial charge in [-0.3, -0.25) is 4.79 Å². The molecule has 0 heterocycles. The van der Waals surface area contributed by atoms with Crippen LogP contribution in [0.1, 0.15) is 15.9 Å². The van der Waals surface area contributed by atoms with Crippen LogP contribution in [-0.2, 0) is 0 Å². The molecule has 3 N–H and O–H groups in total. The molecule has 0 aliphatic heterocycles. The van der Waals surface area contributed by atoms with Crippen molar-refractivity contribution in [3.05, 3.63) is 35.4 Å². The molecule has 1 rings (SSSR count). The molecule has 0 radical (unpaired) electrons. The Bertz CT molecular complexity index is 338. The van der Waals surface area contributed by atoms with Gasteiger partial charge >= 0.3 is 0 Å². The molecule has 0 saturated heterocycles. The predicted molar refractivity (Wildman–Crippen MR) is 56.6 cm³/mol. The summed E-state index contributed by atoms with van der Waals surface area (Å²) in [6.07, 6.45) is -0.905. The van der Waals surface area contributed by atoms with E-state index in [4.69, 9.17) is 10.2 Å². The van der Waals surface area contributed by atoms with Crippen molar-refractivity contribution >= 4 is 5.91 Å². The zero-order valence-electron chi connectivity index (χ0n) is 8.60. The van der Waals surface area contributed by atoms with Gasteiger partial charge in [0.05, 0.1) is 12.7 Å². The summed E-state index contributed by atoms with van der Waals surface area (Å²) in [5, 5.41) is 20.2. The maximum Gasteiger partial charge on any atom is 0.251 e. The largest absolute Gasteiger partial charge is 0.394 e. The summed E-state index contributed by atoms with van der Waals surface area (Å²) in [5.74, 6) is -0.236. The lowest BCUT2D eigenvalue weighted by molar-refractivity contribution is 0.0801. The highest BCUT2D eigenvalue weighted by Crippen LogP contribution is 2.06. The Morgan fingerprint density at radius 2 is 2.13 bits per heavy atom. The number of hydrogen-bond acceptors (Lipinski definition) is 3. The molecule has 1 amide bonds. The quantitative estimate of drug-likeness (QED) is 0.657. The Labute approximate surface area is 88.6 Å². The van der Waals surface area contributed by atoms with Crippen molar-refractivity contribution in [3.63, 3.8) is 0 Å². The standard InChI is InChI=1S/C11H15NO3/c1-8-4-2-3-5-10(8)11(15)12-6-9(14)7-13/h2-5,9,13-14H,6-7H2,1H3,(H,12,15)/t9-/m0/s1. The monoisotopic (exact) mass is 209 g/mol. The van der Waals surface area contributed by atoms with E-state index in [2.05, 4.69) is 5.32 Å². The fraction of sp³-hybridized carbons (Fsp3) is 0.364. The molecule has 0 bridgehead atoms. The van der Waals surface area contributed by atoms with E-state index in [9.17, 15) is 4.79 Å². The molecule has 1 aromatic rings. The smallest absolute Gasteiger partial charge is 0.251 e. The van der Waals surface area contributed by atoms with Gasteiger partial charge in [-0.2, -0.15) is 0 Å². The lowest BCUT2D eigenvalue weighted by Crippen LogP contribution is -2.34. The summed E-state index contributed by atoms with van der Waals surface area (Å²) in [7, 11) is 0. The van der Waals surface area contributed by atoms with Gasteiger partial charge in [0.2, 0.25) is 0 Å². The topological polar surface area (TPSA) is 69.6 Å². The van der Waals surface area contributed by atoms with Gasteiger partial charge < -0.3 is 15.5 Å². The number of benzene rings is 1. The van der Waals surface area contributed by atoms with Crippen LogP contribution in [0.4, 0.5) is 0 Å². The van der Waals surface area contributed by atoms with Gasteiger partial charge in [-0.1, -0.05) is 18.2 Å². The molecule has 0 fully saturated rings. The van der Waals surface area contributed by atoms with Crippen molar-refractivity contribution < 1.29 is 15.0 Å². The van der Waals surface area contributed by atoms with Crippen LogP contribution in [0.25, 0.3) is 0 Å². The second kappa shape index (κ2) is 5.48. The first kappa shape index (κ1) is 11.7. The zero-order valence-corrected chi connectivity index (χ0v) is 8.60. The van der Waals surface area contributed by atoms with E-state index in [1.54, 1.807) is 12.1 Å². The molecule has 1 atom stereocenters. The van der Waals surface area contributed by atoms with Crippen molar-refractivity contribution in [3.8, 4) is 0 Å². The SMILES string of the molecule is Cc1ccccc1C(=O)NC[C@H](O)CO. The Balaban J connectivity index is 2.58. The number of aliphatic hydroxyl groups is 2. The van der Waals surface area contributed by atoms with Crippen LogP contribution in [0, 0.1) is 6.92 Å². The van der Waals surface area contributed by atoms with Crippen LogP contribution >= 0.6 is 0 Å². The highest BCUT2D eigenvalue weighted by molar-refractivity contribution is 5.95. The minimum atomic E-state index is -0.905. The van der Waals surface area contributed by atoms with Crippen LogP contribution in [0.2, 0.25) is 0 Å². The van der Waals surface area contributed by atoms with Crippen LogP contribution < -0.4 is 5.32 Å². The van der Waals surface area contributed by atoms with Crippen molar-refractivity contribution in [1.82, 2.24) is 5.32 Å². The van der Waals surface area contributed by atoms with Crippen LogP contribution in [0.5, 0.6) is 0 Å². The Hall–Kier alpha value is -1.39. The average Bonchev–Trinajstić information content (AvgIpc) is 2.26. The summed E-state index contributed by atoms with van der Waals surface area (Å²) >= 11 is 0. The fourth-order valence-electron chi connectivity index (χ4n) is 1.20. The lowest BCUT2D eigenvalue weighted by atomic mass is 10.1. The Morgan fingerprint density at radius 1 is 1.47 bits per heavy atom. The second-order valence-corrected chi connectivity index (χ2v) is 3.36. The second-order valence-electron chi connectivity index (χ2n) is 3.36. The molecular weight excluding hydrogens is 194 g/mol. The molecule has 0 aromatic heterocycles. The van der Waals surface area contributed by atoms with Crippen LogP contribution in [0.15, 0.2) is 24.3 Å². The van der Waals surface area contributed by atoms with Gasteiger partial charge in [-0.05, 0) is 18.6 Å². The summed E-state index contributed by atoms with van der Waals surface area (Å²) in [5.41, 5.74) is 1.47. The molecule has 0 saturated carbocycles. The van der Waals surface area contributed by atoms with E-state index in [-0.39, 0.29) is 19.1 Å². The third kappa shape index (κ3) is 3.34. The number of hydrogen-bond donors (Lipinski definition) is 3. The minimum absolute atomic E-state index is 0.0592. The normalized spacial score (nSPS) is 12.2. The van der Waals surface area contributed by atoms with E-state index in [1.165, 1.54) is 0 Å². The third-order valence-electron chi connectivity index (χ3n) is 2.10. The molecule has 0 unspecified atom stereocenters. The molecule has 0 aliphatic carbocycles.